The van der Waals surface area contributed by atoms with Gasteiger partial charge in [-0.05, 0) is 74.8 Å². The van der Waals surface area contributed by atoms with Gasteiger partial charge in [0.05, 0.1) is 16.4 Å². The molecule has 0 amide bonds. The highest BCUT2D eigenvalue weighted by Crippen LogP contribution is 2.40. The van der Waals surface area contributed by atoms with E-state index in [0.29, 0.717) is 0 Å². The number of aryl methyl sites for hydroxylation is 4. The van der Waals surface area contributed by atoms with Crippen molar-refractivity contribution < 1.29 is 0 Å². The van der Waals surface area contributed by atoms with Crippen molar-refractivity contribution in [3.63, 3.8) is 0 Å². The Kier molecular flexibility index (Phi) is 3.44. The second-order valence-corrected chi connectivity index (χ2v) is 8.75. The van der Waals surface area contributed by atoms with Crippen molar-refractivity contribution in [3.05, 3.63) is 45.9 Å². The zero-order valence-electron chi connectivity index (χ0n) is 15.6. The van der Waals surface area contributed by atoms with E-state index in [1.165, 1.54) is 33.4 Å². The third-order valence-electron chi connectivity index (χ3n) is 5.64. The molecule has 3 aromatic heterocycles. The molecule has 0 fully saturated rings. The van der Waals surface area contributed by atoms with Crippen LogP contribution in [0, 0.1) is 26.7 Å². The Hall–Kier alpha value is -2.27. The molecule has 0 radical (unpaired) electrons. The average molecular weight is 363 g/mol. The molecule has 0 spiro atoms. The predicted octanol–water partition coefficient (Wildman–Crippen LogP) is 5.08. The molecular formula is C21H22N4S. The molecule has 1 aliphatic rings. The van der Waals surface area contributed by atoms with E-state index in [2.05, 4.69) is 42.5 Å². The van der Waals surface area contributed by atoms with Gasteiger partial charge in [-0.2, -0.15) is 0 Å². The summed E-state index contributed by atoms with van der Waals surface area (Å²) in [6, 6.07) is 4.39. The van der Waals surface area contributed by atoms with E-state index in [-0.39, 0.29) is 0 Å². The fraction of sp³-hybridized carbons (Fsp3) is 0.381. The summed E-state index contributed by atoms with van der Waals surface area (Å²) in [4.78, 5) is 16.9. The molecular weight excluding hydrogens is 340 g/mol. The van der Waals surface area contributed by atoms with Crippen LogP contribution in [-0.4, -0.2) is 19.5 Å². The first-order chi connectivity index (χ1) is 12.5. The van der Waals surface area contributed by atoms with Crippen LogP contribution in [0.25, 0.3) is 27.1 Å². The first-order valence-electron chi connectivity index (χ1n) is 9.25. The maximum Gasteiger partial charge on any atom is 0.151 e. The molecule has 0 saturated carbocycles. The molecule has 5 heteroatoms. The molecule has 0 bridgehead atoms. The van der Waals surface area contributed by atoms with Gasteiger partial charge in [0.2, 0.25) is 0 Å². The summed E-state index contributed by atoms with van der Waals surface area (Å²) in [6.07, 6.45) is 5.45. The van der Waals surface area contributed by atoms with Gasteiger partial charge in [0, 0.05) is 4.88 Å². The fourth-order valence-electron chi connectivity index (χ4n) is 4.03. The highest BCUT2D eigenvalue weighted by Gasteiger charge is 2.24. The molecule has 4 nitrogen and oxygen atoms in total. The van der Waals surface area contributed by atoms with Gasteiger partial charge in [-0.1, -0.05) is 6.92 Å². The Morgan fingerprint density at radius 1 is 1.12 bits per heavy atom. The number of nitrogens with zero attached hydrogens (tertiary/aromatic N) is 4. The number of fused-ring (bicyclic) bond motifs is 4. The van der Waals surface area contributed by atoms with Crippen LogP contribution in [0.5, 0.6) is 0 Å². The van der Waals surface area contributed by atoms with Crippen LogP contribution >= 0.6 is 11.3 Å². The van der Waals surface area contributed by atoms with E-state index >= 15 is 0 Å². The summed E-state index contributed by atoms with van der Waals surface area (Å²) >= 11 is 1.86. The van der Waals surface area contributed by atoms with Crippen molar-refractivity contribution in [1.82, 2.24) is 19.5 Å². The molecule has 3 heterocycles. The lowest BCUT2D eigenvalue weighted by molar-refractivity contribution is 0.509. The Labute approximate surface area is 156 Å². The topological polar surface area (TPSA) is 43.6 Å². The summed E-state index contributed by atoms with van der Waals surface area (Å²) < 4.78 is 2.16. The van der Waals surface area contributed by atoms with E-state index in [0.717, 1.165) is 46.3 Å². The zero-order valence-corrected chi connectivity index (χ0v) is 16.4. The van der Waals surface area contributed by atoms with Gasteiger partial charge in [0.25, 0.3) is 0 Å². The molecule has 1 aromatic carbocycles. The smallest absolute Gasteiger partial charge is 0.151 e. The van der Waals surface area contributed by atoms with Gasteiger partial charge < -0.3 is 0 Å². The molecule has 1 unspecified atom stereocenters. The monoisotopic (exact) mass is 362 g/mol. The Bertz CT molecular complexity index is 1170. The minimum Gasteiger partial charge on any atom is -0.282 e. The van der Waals surface area contributed by atoms with Crippen LogP contribution in [0.1, 0.15) is 40.7 Å². The lowest BCUT2D eigenvalue weighted by Gasteiger charge is -2.18. The van der Waals surface area contributed by atoms with E-state index < -0.39 is 0 Å². The molecule has 0 N–H and O–H groups in total. The van der Waals surface area contributed by atoms with E-state index in [4.69, 9.17) is 9.97 Å². The van der Waals surface area contributed by atoms with Crippen LogP contribution < -0.4 is 0 Å². The summed E-state index contributed by atoms with van der Waals surface area (Å²) in [7, 11) is 0. The Morgan fingerprint density at radius 2 is 1.92 bits per heavy atom. The van der Waals surface area contributed by atoms with Gasteiger partial charge in [-0.15, -0.1) is 11.3 Å². The van der Waals surface area contributed by atoms with Gasteiger partial charge in [0.1, 0.15) is 17.0 Å². The van der Waals surface area contributed by atoms with Crippen molar-refractivity contribution in [1.29, 1.82) is 0 Å². The standard InChI is InChI=1S/C21H22N4S/c1-11-5-6-15-18(7-11)26-21-19(15)20(23-14(4)24-21)25-10-22-16-8-12(2)13(3)9-17(16)25/h8-11H,5-7H2,1-4H3. The number of hydrogen-bond acceptors (Lipinski definition) is 4. The molecule has 1 atom stereocenters. The minimum absolute atomic E-state index is 0.757. The SMILES string of the molecule is Cc1nc(-n2cnc3cc(C)c(C)cc32)c2c3c(sc2n1)CC(C)CC3. The van der Waals surface area contributed by atoms with Crippen LogP contribution in [-0.2, 0) is 12.8 Å². The van der Waals surface area contributed by atoms with Gasteiger partial charge in [0.15, 0.2) is 5.82 Å². The van der Waals surface area contributed by atoms with Crippen molar-refractivity contribution in [2.75, 3.05) is 0 Å². The number of benzene rings is 1. The second kappa shape index (κ2) is 5.61. The predicted molar refractivity (Wildman–Crippen MR) is 107 cm³/mol. The first kappa shape index (κ1) is 15.9. The van der Waals surface area contributed by atoms with Crippen molar-refractivity contribution in [2.45, 2.75) is 47.0 Å². The number of rotatable bonds is 1. The fourth-order valence-corrected chi connectivity index (χ4v) is 5.46. The molecule has 5 rings (SSSR count). The maximum atomic E-state index is 4.86. The van der Waals surface area contributed by atoms with E-state index in [1.54, 1.807) is 0 Å². The van der Waals surface area contributed by atoms with E-state index in [9.17, 15) is 0 Å². The highest BCUT2D eigenvalue weighted by atomic mass is 32.1. The quantitative estimate of drug-likeness (QED) is 0.474. The number of aromatic nitrogens is 4. The number of hydrogen-bond donors (Lipinski definition) is 0. The summed E-state index contributed by atoms with van der Waals surface area (Å²) in [5.41, 5.74) is 6.16. The number of thiophene rings is 1. The van der Waals surface area contributed by atoms with Crippen molar-refractivity contribution in [3.8, 4) is 5.82 Å². The van der Waals surface area contributed by atoms with Gasteiger partial charge >= 0.3 is 0 Å². The maximum absolute atomic E-state index is 4.86. The zero-order chi connectivity index (χ0) is 18.0. The Morgan fingerprint density at radius 3 is 2.77 bits per heavy atom. The lowest BCUT2D eigenvalue weighted by Crippen LogP contribution is -2.09. The van der Waals surface area contributed by atoms with Crippen LogP contribution in [0.4, 0.5) is 0 Å². The van der Waals surface area contributed by atoms with Gasteiger partial charge in [-0.3, -0.25) is 4.57 Å². The molecule has 0 saturated heterocycles. The first-order valence-corrected chi connectivity index (χ1v) is 10.1. The lowest BCUT2D eigenvalue weighted by atomic mass is 9.89. The second-order valence-electron chi connectivity index (χ2n) is 7.67. The Balaban J connectivity index is 1.83. The van der Waals surface area contributed by atoms with Crippen LogP contribution in [0.3, 0.4) is 0 Å². The summed E-state index contributed by atoms with van der Waals surface area (Å²) in [5.74, 6) is 2.57. The molecule has 132 valence electrons. The van der Waals surface area contributed by atoms with Gasteiger partial charge in [-0.25, -0.2) is 15.0 Å². The third kappa shape index (κ3) is 2.30. The molecule has 0 aliphatic heterocycles. The average Bonchev–Trinajstić information content (AvgIpc) is 3.14. The van der Waals surface area contributed by atoms with E-state index in [1.807, 2.05) is 24.6 Å². The van der Waals surface area contributed by atoms with Crippen molar-refractivity contribution in [2.24, 2.45) is 5.92 Å². The molecule has 4 aromatic rings. The third-order valence-corrected chi connectivity index (χ3v) is 6.79. The highest BCUT2D eigenvalue weighted by molar-refractivity contribution is 7.18. The summed E-state index contributed by atoms with van der Waals surface area (Å²) in [6.45, 7) is 8.62. The minimum atomic E-state index is 0.757. The molecule has 1 aliphatic carbocycles. The normalized spacial score (nSPS) is 17.2. The van der Waals surface area contributed by atoms with Crippen LogP contribution in [0.15, 0.2) is 18.5 Å². The largest absolute Gasteiger partial charge is 0.282 e. The van der Waals surface area contributed by atoms with Crippen molar-refractivity contribution >= 4 is 32.6 Å². The van der Waals surface area contributed by atoms with Crippen LogP contribution in [0.2, 0.25) is 0 Å². The molecule has 26 heavy (non-hydrogen) atoms. The number of imidazole rings is 1. The summed E-state index contributed by atoms with van der Waals surface area (Å²) in [5, 5.41) is 1.24.